The van der Waals surface area contributed by atoms with Gasteiger partial charge in [-0.05, 0) is 62.8 Å². The molecule has 140 valence electrons. The van der Waals surface area contributed by atoms with Gasteiger partial charge in [-0.2, -0.15) is 0 Å². The molecule has 5 nitrogen and oxygen atoms in total. The lowest BCUT2D eigenvalue weighted by Gasteiger charge is -2.15. The normalized spacial score (nSPS) is 15.2. The number of ether oxygens (including phenoxy) is 2. The number of allylic oxidation sites excluding steroid dienone is 1. The molecule has 0 heterocycles. The molecule has 2 rings (SSSR count). The maximum atomic E-state index is 12.0. The number of benzene rings is 1. The highest BCUT2D eigenvalue weighted by molar-refractivity contribution is 5.90. The van der Waals surface area contributed by atoms with E-state index in [9.17, 15) is 9.59 Å². The molecule has 0 bridgehead atoms. The average molecular weight is 357 g/mol. The van der Waals surface area contributed by atoms with Gasteiger partial charge in [0.05, 0.1) is 7.11 Å². The second kappa shape index (κ2) is 10.4. The third-order valence-corrected chi connectivity index (χ3v) is 4.30. The van der Waals surface area contributed by atoms with E-state index >= 15 is 0 Å². The molecule has 0 unspecified atom stereocenters. The Balaban J connectivity index is 1.73. The lowest BCUT2D eigenvalue weighted by Crippen LogP contribution is -2.36. The van der Waals surface area contributed by atoms with E-state index in [1.807, 2.05) is 18.2 Å². The van der Waals surface area contributed by atoms with Crippen LogP contribution in [0.5, 0.6) is 5.75 Å². The molecule has 0 aromatic heterocycles. The van der Waals surface area contributed by atoms with Crippen molar-refractivity contribution in [3.63, 3.8) is 0 Å². The number of hydrogen-bond donors (Lipinski definition) is 1. The first kappa shape index (κ1) is 19.8. The third kappa shape index (κ3) is 6.75. The first-order valence-electron chi connectivity index (χ1n) is 9.07. The number of methoxy groups -OCH3 is 1. The van der Waals surface area contributed by atoms with Crippen molar-refractivity contribution in [3.05, 3.63) is 47.6 Å². The Kier molecular flexibility index (Phi) is 7.93. The Morgan fingerprint density at radius 3 is 2.88 bits per heavy atom. The Bertz CT molecular complexity index is 678. The zero-order chi connectivity index (χ0) is 18.8. The fraction of sp³-hybridized carbons (Fsp3) is 0.429. The third-order valence-electron chi connectivity index (χ3n) is 4.30. The van der Waals surface area contributed by atoms with Crippen molar-refractivity contribution < 1.29 is 19.1 Å². The SMILES string of the molecule is COc1cccc(/C=C/C(=O)O[C@@H](C)C(=O)NCCC2=CCCCC2)c1. The van der Waals surface area contributed by atoms with Crippen LogP contribution in [-0.4, -0.2) is 31.6 Å². The molecule has 1 amide bonds. The molecular weight excluding hydrogens is 330 g/mol. The number of hydrogen-bond acceptors (Lipinski definition) is 4. The van der Waals surface area contributed by atoms with Gasteiger partial charge < -0.3 is 14.8 Å². The van der Waals surface area contributed by atoms with Crippen LogP contribution in [0, 0.1) is 0 Å². The van der Waals surface area contributed by atoms with Crippen LogP contribution in [0.25, 0.3) is 6.08 Å². The minimum absolute atomic E-state index is 0.274. The molecule has 0 radical (unpaired) electrons. The molecule has 0 saturated heterocycles. The topological polar surface area (TPSA) is 64.6 Å². The summed E-state index contributed by atoms with van der Waals surface area (Å²) < 4.78 is 10.3. The van der Waals surface area contributed by atoms with Gasteiger partial charge in [0, 0.05) is 12.6 Å². The summed E-state index contributed by atoms with van der Waals surface area (Å²) in [5.74, 6) is -0.114. The number of nitrogens with one attached hydrogen (secondary N) is 1. The standard InChI is InChI=1S/C21H27NO4/c1-16(21(24)22-14-13-17-7-4-3-5-8-17)26-20(23)12-11-18-9-6-10-19(15-18)25-2/h6-7,9-12,15-16H,3-5,8,13-14H2,1-2H3,(H,22,24)/b12-11+/t16-/m0/s1. The Morgan fingerprint density at radius 1 is 1.31 bits per heavy atom. The van der Waals surface area contributed by atoms with Gasteiger partial charge in [-0.15, -0.1) is 0 Å². The van der Waals surface area contributed by atoms with Gasteiger partial charge in [0.15, 0.2) is 6.10 Å². The second-order valence-corrected chi connectivity index (χ2v) is 6.34. The van der Waals surface area contributed by atoms with Crippen molar-refractivity contribution in [3.8, 4) is 5.75 Å². The van der Waals surface area contributed by atoms with E-state index in [2.05, 4.69) is 11.4 Å². The molecule has 26 heavy (non-hydrogen) atoms. The number of rotatable bonds is 8. The summed E-state index contributed by atoms with van der Waals surface area (Å²) in [5, 5.41) is 2.83. The molecule has 1 aromatic rings. The van der Waals surface area contributed by atoms with Crippen LogP contribution in [0.15, 0.2) is 42.0 Å². The summed E-state index contributed by atoms with van der Waals surface area (Å²) in [4.78, 5) is 23.9. The van der Waals surface area contributed by atoms with Crippen LogP contribution in [0.2, 0.25) is 0 Å². The fourth-order valence-electron chi connectivity index (χ4n) is 2.80. The maximum Gasteiger partial charge on any atom is 0.331 e. The quantitative estimate of drug-likeness (QED) is 0.438. The fourth-order valence-corrected chi connectivity index (χ4v) is 2.80. The molecule has 0 saturated carbocycles. The summed E-state index contributed by atoms with van der Waals surface area (Å²) in [6.45, 7) is 2.15. The van der Waals surface area contributed by atoms with Crippen LogP contribution < -0.4 is 10.1 Å². The minimum atomic E-state index is -0.821. The largest absolute Gasteiger partial charge is 0.497 e. The zero-order valence-corrected chi connectivity index (χ0v) is 15.5. The highest BCUT2D eigenvalue weighted by Gasteiger charge is 2.16. The average Bonchev–Trinajstić information content (AvgIpc) is 2.67. The van der Waals surface area contributed by atoms with Gasteiger partial charge in [-0.1, -0.05) is 23.8 Å². The predicted octanol–water partition coefficient (Wildman–Crippen LogP) is 3.65. The van der Waals surface area contributed by atoms with E-state index < -0.39 is 12.1 Å². The minimum Gasteiger partial charge on any atom is -0.497 e. The summed E-state index contributed by atoms with van der Waals surface area (Å²) in [6.07, 6.45) is 9.99. The van der Waals surface area contributed by atoms with Crippen LogP contribution >= 0.6 is 0 Å². The van der Waals surface area contributed by atoms with Gasteiger partial charge in [-0.3, -0.25) is 4.79 Å². The predicted molar refractivity (Wildman–Crippen MR) is 102 cm³/mol. The van der Waals surface area contributed by atoms with Crippen molar-refractivity contribution >= 4 is 18.0 Å². The van der Waals surface area contributed by atoms with E-state index in [4.69, 9.17) is 9.47 Å². The van der Waals surface area contributed by atoms with Crippen molar-refractivity contribution in [2.45, 2.75) is 45.1 Å². The van der Waals surface area contributed by atoms with Gasteiger partial charge >= 0.3 is 5.97 Å². The van der Waals surface area contributed by atoms with Crippen LogP contribution in [0.4, 0.5) is 0 Å². The van der Waals surface area contributed by atoms with Crippen LogP contribution in [0.3, 0.4) is 0 Å². The van der Waals surface area contributed by atoms with Crippen molar-refractivity contribution in [2.24, 2.45) is 0 Å². The first-order valence-corrected chi connectivity index (χ1v) is 9.07. The number of amides is 1. The Hall–Kier alpha value is -2.56. The summed E-state index contributed by atoms with van der Waals surface area (Å²) in [6, 6.07) is 7.31. The molecule has 0 fully saturated rings. The van der Waals surface area contributed by atoms with Crippen molar-refractivity contribution in [2.75, 3.05) is 13.7 Å². The molecule has 5 heteroatoms. The van der Waals surface area contributed by atoms with Crippen molar-refractivity contribution in [1.29, 1.82) is 0 Å². The van der Waals surface area contributed by atoms with Gasteiger partial charge in [0.2, 0.25) is 0 Å². The lowest BCUT2D eigenvalue weighted by atomic mass is 9.97. The molecule has 1 aliphatic carbocycles. The van der Waals surface area contributed by atoms with E-state index in [1.165, 1.54) is 24.5 Å². The molecule has 1 atom stereocenters. The van der Waals surface area contributed by atoms with E-state index in [0.717, 1.165) is 24.8 Å². The smallest absolute Gasteiger partial charge is 0.331 e. The highest BCUT2D eigenvalue weighted by Crippen LogP contribution is 2.19. The molecule has 1 aliphatic rings. The molecule has 1 N–H and O–H groups in total. The van der Waals surface area contributed by atoms with Crippen molar-refractivity contribution in [1.82, 2.24) is 5.32 Å². The second-order valence-electron chi connectivity index (χ2n) is 6.34. The summed E-state index contributed by atoms with van der Waals surface area (Å²) in [5.41, 5.74) is 2.22. The van der Waals surface area contributed by atoms with Crippen LogP contribution in [0.1, 0.15) is 44.6 Å². The Labute approximate surface area is 155 Å². The van der Waals surface area contributed by atoms with E-state index in [1.54, 1.807) is 26.2 Å². The van der Waals surface area contributed by atoms with E-state index in [0.29, 0.717) is 12.3 Å². The molecule has 0 spiro atoms. The van der Waals surface area contributed by atoms with E-state index in [-0.39, 0.29) is 5.91 Å². The highest BCUT2D eigenvalue weighted by atomic mass is 16.5. The zero-order valence-electron chi connectivity index (χ0n) is 15.5. The Morgan fingerprint density at radius 2 is 2.15 bits per heavy atom. The first-order chi connectivity index (χ1) is 12.6. The summed E-state index contributed by atoms with van der Waals surface area (Å²) >= 11 is 0. The van der Waals surface area contributed by atoms with Gasteiger partial charge in [-0.25, -0.2) is 4.79 Å². The lowest BCUT2D eigenvalue weighted by molar-refractivity contribution is -0.150. The molecule has 1 aromatic carbocycles. The number of carbonyl (C=O) groups is 2. The summed E-state index contributed by atoms with van der Waals surface area (Å²) in [7, 11) is 1.59. The van der Waals surface area contributed by atoms with Gasteiger partial charge in [0.25, 0.3) is 5.91 Å². The molecule has 0 aliphatic heterocycles. The van der Waals surface area contributed by atoms with Crippen LogP contribution in [-0.2, 0) is 14.3 Å². The van der Waals surface area contributed by atoms with Gasteiger partial charge in [0.1, 0.15) is 5.75 Å². The monoisotopic (exact) mass is 357 g/mol. The maximum absolute atomic E-state index is 12.0. The number of esters is 1. The molecular formula is C21H27NO4. The number of carbonyl (C=O) groups excluding carboxylic acids is 2.